The van der Waals surface area contributed by atoms with Crippen LogP contribution in [0.2, 0.25) is 0 Å². The van der Waals surface area contributed by atoms with E-state index in [9.17, 15) is 4.79 Å². The Morgan fingerprint density at radius 1 is 1.45 bits per heavy atom. The summed E-state index contributed by atoms with van der Waals surface area (Å²) in [5.41, 5.74) is 7.72. The van der Waals surface area contributed by atoms with Crippen LogP contribution in [0.5, 0.6) is 0 Å². The third-order valence-electron chi connectivity index (χ3n) is 3.19. The minimum atomic E-state index is -0.162. The van der Waals surface area contributed by atoms with Gasteiger partial charge < -0.3 is 16.0 Å². The molecular weight excluding hydrogens is 479 g/mol. The highest BCUT2D eigenvalue weighted by Crippen LogP contribution is 2.20. The molecule has 5 nitrogen and oxygen atoms in total. The minimum Gasteiger partial charge on any atom is -0.370 e. The van der Waals surface area contributed by atoms with Crippen molar-refractivity contribution in [1.29, 1.82) is 0 Å². The van der Waals surface area contributed by atoms with Crippen LogP contribution >= 0.6 is 51.7 Å². The predicted molar refractivity (Wildman–Crippen MR) is 108 cm³/mol. The summed E-state index contributed by atoms with van der Waals surface area (Å²) in [5, 5.41) is 2.86. The Balaban J connectivity index is 0.00000242. The number of nitrogens with two attached hydrogens (primary N) is 1. The largest absolute Gasteiger partial charge is 0.370 e. The van der Waals surface area contributed by atoms with Gasteiger partial charge in [-0.15, -0.1) is 24.0 Å². The number of carbonyl (C=O) groups excluding carboxylic acids is 1. The Morgan fingerprint density at radius 2 is 2.14 bits per heavy atom. The number of amides is 1. The Labute approximate surface area is 160 Å². The number of thioether (sulfide) groups is 1. The number of benzene rings is 1. The van der Waals surface area contributed by atoms with Crippen LogP contribution in [0.1, 0.15) is 5.56 Å². The molecule has 0 bridgehead atoms. The number of guanidine groups is 1. The standard InChI is InChI=1S/C14H19BrN4OS.HI/c1-10-2-3-11(15)8-12(10)18-13(20)9-17-14(16)19-4-6-21-7-5-19;/h2-3,8H,4-7,9H2,1H3,(H2,16,17)(H,18,20);1H. The van der Waals surface area contributed by atoms with E-state index in [-0.39, 0.29) is 36.4 Å². The van der Waals surface area contributed by atoms with Gasteiger partial charge in [-0.1, -0.05) is 22.0 Å². The summed E-state index contributed by atoms with van der Waals surface area (Å²) >= 11 is 5.30. The first-order valence-electron chi connectivity index (χ1n) is 6.75. The number of halogens is 2. The molecule has 0 radical (unpaired) electrons. The van der Waals surface area contributed by atoms with Crippen molar-refractivity contribution in [2.45, 2.75) is 6.92 Å². The van der Waals surface area contributed by atoms with Gasteiger partial charge in [0.15, 0.2) is 5.96 Å². The Morgan fingerprint density at radius 3 is 2.82 bits per heavy atom. The average Bonchev–Trinajstić information content (AvgIpc) is 2.49. The molecule has 8 heteroatoms. The lowest BCUT2D eigenvalue weighted by molar-refractivity contribution is -0.114. The maximum atomic E-state index is 12.0. The van der Waals surface area contributed by atoms with Crippen molar-refractivity contribution in [3.05, 3.63) is 28.2 Å². The van der Waals surface area contributed by atoms with Crippen LogP contribution in [0.15, 0.2) is 27.7 Å². The smallest absolute Gasteiger partial charge is 0.246 e. The molecule has 0 atom stereocenters. The van der Waals surface area contributed by atoms with Crippen LogP contribution < -0.4 is 11.1 Å². The first-order chi connectivity index (χ1) is 10.1. The molecule has 0 aliphatic carbocycles. The normalized spacial score (nSPS) is 15.2. The molecule has 1 saturated heterocycles. The van der Waals surface area contributed by atoms with Gasteiger partial charge >= 0.3 is 0 Å². The van der Waals surface area contributed by atoms with Gasteiger partial charge in [-0.3, -0.25) is 4.79 Å². The molecule has 0 saturated carbocycles. The van der Waals surface area contributed by atoms with Crippen molar-refractivity contribution in [2.24, 2.45) is 10.7 Å². The van der Waals surface area contributed by atoms with Crippen molar-refractivity contribution in [1.82, 2.24) is 4.90 Å². The number of aliphatic imine (C=N–C) groups is 1. The summed E-state index contributed by atoms with van der Waals surface area (Å²) in [7, 11) is 0. The molecule has 1 heterocycles. The van der Waals surface area contributed by atoms with Gasteiger partial charge in [0.2, 0.25) is 5.91 Å². The van der Waals surface area contributed by atoms with E-state index in [1.54, 1.807) is 0 Å². The number of hydrogen-bond donors (Lipinski definition) is 2. The molecule has 22 heavy (non-hydrogen) atoms. The van der Waals surface area contributed by atoms with Crippen LogP contribution in [-0.2, 0) is 4.79 Å². The molecule has 1 aliphatic heterocycles. The average molecular weight is 499 g/mol. The Hall–Kier alpha value is -0.480. The monoisotopic (exact) mass is 498 g/mol. The quantitative estimate of drug-likeness (QED) is 0.382. The minimum absolute atomic E-state index is 0. The van der Waals surface area contributed by atoms with E-state index in [2.05, 4.69) is 26.2 Å². The molecular formula is C14H20BrIN4OS. The van der Waals surface area contributed by atoms with Gasteiger partial charge in [0, 0.05) is 34.8 Å². The molecule has 1 aliphatic rings. The fraction of sp³-hybridized carbons (Fsp3) is 0.429. The lowest BCUT2D eigenvalue weighted by atomic mass is 10.2. The fourth-order valence-electron chi connectivity index (χ4n) is 1.96. The second-order valence-corrected chi connectivity index (χ2v) is 6.92. The lowest BCUT2D eigenvalue weighted by Gasteiger charge is -2.27. The molecule has 0 spiro atoms. The second kappa shape index (κ2) is 9.61. The number of anilines is 1. The SMILES string of the molecule is Cc1ccc(Br)cc1NC(=O)CN=C(N)N1CCSCC1.I. The first-order valence-corrected chi connectivity index (χ1v) is 8.69. The summed E-state index contributed by atoms with van der Waals surface area (Å²) in [4.78, 5) is 18.2. The highest BCUT2D eigenvalue weighted by Gasteiger charge is 2.12. The van der Waals surface area contributed by atoms with E-state index in [1.807, 2.05) is 41.8 Å². The zero-order valence-electron chi connectivity index (χ0n) is 12.3. The summed E-state index contributed by atoms with van der Waals surface area (Å²) in [6, 6.07) is 5.76. The van der Waals surface area contributed by atoms with Gasteiger partial charge in [-0.2, -0.15) is 11.8 Å². The van der Waals surface area contributed by atoms with E-state index in [0.29, 0.717) is 5.96 Å². The van der Waals surface area contributed by atoms with Crippen LogP contribution in [-0.4, -0.2) is 47.9 Å². The highest BCUT2D eigenvalue weighted by atomic mass is 127. The zero-order valence-corrected chi connectivity index (χ0v) is 17.1. The number of carbonyl (C=O) groups is 1. The summed E-state index contributed by atoms with van der Waals surface area (Å²) < 4.78 is 0.928. The van der Waals surface area contributed by atoms with E-state index in [1.165, 1.54) is 0 Å². The number of aryl methyl sites for hydroxylation is 1. The third-order valence-corrected chi connectivity index (χ3v) is 4.63. The Bertz CT molecular complexity index is 550. The first kappa shape index (κ1) is 19.6. The van der Waals surface area contributed by atoms with Crippen LogP contribution in [0.4, 0.5) is 5.69 Å². The molecule has 3 N–H and O–H groups in total. The maximum Gasteiger partial charge on any atom is 0.246 e. The van der Waals surface area contributed by atoms with E-state index in [0.717, 1.165) is 40.3 Å². The molecule has 122 valence electrons. The fourth-order valence-corrected chi connectivity index (χ4v) is 3.23. The summed E-state index contributed by atoms with van der Waals surface area (Å²) in [5.74, 6) is 2.40. The molecule has 2 rings (SSSR count). The van der Waals surface area contributed by atoms with Gasteiger partial charge in [0.05, 0.1) is 0 Å². The van der Waals surface area contributed by atoms with Gasteiger partial charge in [-0.05, 0) is 24.6 Å². The number of rotatable bonds is 3. The van der Waals surface area contributed by atoms with Gasteiger partial charge in [0.1, 0.15) is 6.54 Å². The molecule has 0 aromatic heterocycles. The van der Waals surface area contributed by atoms with E-state index >= 15 is 0 Å². The van der Waals surface area contributed by atoms with Crippen molar-refractivity contribution in [3.63, 3.8) is 0 Å². The van der Waals surface area contributed by atoms with Crippen molar-refractivity contribution in [3.8, 4) is 0 Å². The van der Waals surface area contributed by atoms with E-state index < -0.39 is 0 Å². The maximum absolute atomic E-state index is 12.0. The zero-order chi connectivity index (χ0) is 15.2. The lowest BCUT2D eigenvalue weighted by Crippen LogP contribution is -2.43. The van der Waals surface area contributed by atoms with Crippen LogP contribution in [0, 0.1) is 6.92 Å². The highest BCUT2D eigenvalue weighted by molar-refractivity contribution is 14.0. The predicted octanol–water partition coefficient (Wildman–Crippen LogP) is 2.68. The number of nitrogens with one attached hydrogen (secondary N) is 1. The van der Waals surface area contributed by atoms with Crippen LogP contribution in [0.25, 0.3) is 0 Å². The van der Waals surface area contributed by atoms with Gasteiger partial charge in [0.25, 0.3) is 0 Å². The molecule has 1 aromatic rings. The molecule has 1 aromatic carbocycles. The number of hydrogen-bond acceptors (Lipinski definition) is 3. The summed E-state index contributed by atoms with van der Waals surface area (Å²) in [6.07, 6.45) is 0. The van der Waals surface area contributed by atoms with Crippen molar-refractivity contribution >= 4 is 69.2 Å². The van der Waals surface area contributed by atoms with Crippen molar-refractivity contribution in [2.75, 3.05) is 36.5 Å². The number of nitrogens with zero attached hydrogens (tertiary/aromatic N) is 2. The second-order valence-electron chi connectivity index (χ2n) is 4.78. The molecule has 0 unspecified atom stereocenters. The molecule has 1 fully saturated rings. The molecule has 1 amide bonds. The topological polar surface area (TPSA) is 70.7 Å². The van der Waals surface area contributed by atoms with E-state index in [4.69, 9.17) is 5.73 Å². The van der Waals surface area contributed by atoms with Crippen LogP contribution in [0.3, 0.4) is 0 Å². The summed E-state index contributed by atoms with van der Waals surface area (Å²) in [6.45, 7) is 3.78. The van der Waals surface area contributed by atoms with Crippen molar-refractivity contribution < 1.29 is 4.79 Å². The Kier molecular flexibility index (Phi) is 8.55. The van der Waals surface area contributed by atoms with Gasteiger partial charge in [-0.25, -0.2) is 4.99 Å². The third kappa shape index (κ3) is 5.96.